The highest BCUT2D eigenvalue weighted by molar-refractivity contribution is 5.87. The van der Waals surface area contributed by atoms with Crippen molar-refractivity contribution in [2.75, 3.05) is 5.73 Å². The highest BCUT2D eigenvalue weighted by Crippen LogP contribution is 2.22. The van der Waals surface area contributed by atoms with Gasteiger partial charge >= 0.3 is 0 Å². The van der Waals surface area contributed by atoms with Gasteiger partial charge in [0.05, 0.1) is 10.9 Å². The van der Waals surface area contributed by atoms with Crippen molar-refractivity contribution in [2.24, 2.45) is 0 Å². The molecule has 32 heavy (non-hydrogen) atoms. The first-order chi connectivity index (χ1) is 15.5. The number of aromatic nitrogens is 3. The zero-order valence-electron chi connectivity index (χ0n) is 17.6. The first kappa shape index (κ1) is 20.1. The number of nitrogens with one attached hydrogen (secondary N) is 1. The van der Waals surface area contributed by atoms with Crippen LogP contribution in [0.15, 0.2) is 71.5 Å². The first-order valence-corrected chi connectivity index (χ1v) is 10.4. The minimum Gasteiger partial charge on any atom is -0.380 e. The van der Waals surface area contributed by atoms with Crippen molar-refractivity contribution in [1.82, 2.24) is 20.4 Å². The molecule has 3 heterocycles. The van der Waals surface area contributed by atoms with Crippen molar-refractivity contribution < 1.29 is 9.63 Å². The van der Waals surface area contributed by atoms with E-state index in [1.54, 1.807) is 6.20 Å². The number of aliphatic hydroxyl groups is 1. The fourth-order valence-electron chi connectivity index (χ4n) is 3.82. The lowest BCUT2D eigenvalue weighted by molar-refractivity contribution is 0.137. The summed E-state index contributed by atoms with van der Waals surface area (Å²) < 4.78 is 5.21. The molecule has 3 aromatic heterocycles. The molecule has 0 spiro atoms. The molecule has 4 N–H and O–H groups in total. The lowest BCUT2D eigenvalue weighted by atomic mass is 10.0. The summed E-state index contributed by atoms with van der Waals surface area (Å²) in [5.41, 5.74) is 12.3. The summed E-state index contributed by atoms with van der Waals surface area (Å²) in [5.74, 6) is 0.377. The molecule has 5 aromatic rings. The van der Waals surface area contributed by atoms with Gasteiger partial charge in [-0.15, -0.1) is 0 Å². The van der Waals surface area contributed by atoms with Gasteiger partial charge < -0.3 is 15.4 Å². The number of nitrogens with two attached hydrogens (primary N) is 1. The van der Waals surface area contributed by atoms with Gasteiger partial charge in [-0.25, -0.2) is 0 Å². The molecule has 0 amide bonds. The normalized spacial score (nSPS) is 12.4. The van der Waals surface area contributed by atoms with E-state index in [4.69, 9.17) is 10.3 Å². The number of benzene rings is 2. The standard InChI is InChI=1S/C25H23N5O2/c1-15-8-19-9-16(3-5-22(19)28-13-15)10-20-12-18(6-7-27-20)25(31)29-14-17-2-4-21-23(11-17)32-30-24(21)26/h2-9,11-13,25,29,31H,10,14H2,1H3,(H2,26,30). The van der Waals surface area contributed by atoms with Gasteiger partial charge in [-0.1, -0.05) is 17.3 Å². The molecule has 5 rings (SSSR count). The van der Waals surface area contributed by atoms with Crippen LogP contribution in [-0.4, -0.2) is 20.2 Å². The van der Waals surface area contributed by atoms with E-state index in [-0.39, 0.29) is 0 Å². The second-order valence-electron chi connectivity index (χ2n) is 7.98. The van der Waals surface area contributed by atoms with E-state index in [1.807, 2.05) is 49.5 Å². The largest absolute Gasteiger partial charge is 0.380 e. The third-order valence-corrected chi connectivity index (χ3v) is 5.49. The Balaban J connectivity index is 1.28. The Morgan fingerprint density at radius 2 is 1.91 bits per heavy atom. The van der Waals surface area contributed by atoms with Gasteiger partial charge in [0, 0.05) is 36.4 Å². The topological polar surface area (TPSA) is 110 Å². The molecule has 0 radical (unpaired) electrons. The third kappa shape index (κ3) is 4.16. The molecule has 2 aromatic carbocycles. The second kappa shape index (κ2) is 8.37. The first-order valence-electron chi connectivity index (χ1n) is 10.4. The number of hydrogen-bond donors (Lipinski definition) is 3. The van der Waals surface area contributed by atoms with Gasteiger partial charge in [0.25, 0.3) is 0 Å². The van der Waals surface area contributed by atoms with E-state index in [0.717, 1.165) is 44.2 Å². The maximum Gasteiger partial charge on any atom is 0.174 e. The lowest BCUT2D eigenvalue weighted by Crippen LogP contribution is -2.20. The molecule has 7 heteroatoms. The van der Waals surface area contributed by atoms with E-state index >= 15 is 0 Å². The van der Waals surface area contributed by atoms with Gasteiger partial charge in [-0.2, -0.15) is 0 Å². The Morgan fingerprint density at radius 1 is 1.03 bits per heavy atom. The van der Waals surface area contributed by atoms with Crippen LogP contribution in [0, 0.1) is 6.92 Å². The molecule has 0 aliphatic carbocycles. The molecular weight excluding hydrogens is 402 g/mol. The summed E-state index contributed by atoms with van der Waals surface area (Å²) >= 11 is 0. The van der Waals surface area contributed by atoms with E-state index in [0.29, 0.717) is 24.4 Å². The average Bonchev–Trinajstić information content (AvgIpc) is 3.17. The van der Waals surface area contributed by atoms with Crippen molar-refractivity contribution in [3.05, 3.63) is 94.9 Å². The van der Waals surface area contributed by atoms with Gasteiger partial charge in [-0.3, -0.25) is 15.3 Å². The predicted molar refractivity (Wildman–Crippen MR) is 124 cm³/mol. The quantitative estimate of drug-likeness (QED) is 0.352. The predicted octanol–water partition coefficient (Wildman–Crippen LogP) is 4.03. The molecule has 1 unspecified atom stereocenters. The number of hydrogen-bond acceptors (Lipinski definition) is 7. The van der Waals surface area contributed by atoms with Crippen molar-refractivity contribution >= 4 is 27.7 Å². The summed E-state index contributed by atoms with van der Waals surface area (Å²) in [7, 11) is 0. The van der Waals surface area contributed by atoms with E-state index < -0.39 is 6.23 Å². The average molecular weight is 425 g/mol. The van der Waals surface area contributed by atoms with Crippen LogP contribution >= 0.6 is 0 Å². The van der Waals surface area contributed by atoms with Crippen molar-refractivity contribution in [3.8, 4) is 0 Å². The van der Waals surface area contributed by atoms with Crippen LogP contribution in [0.1, 0.15) is 34.2 Å². The van der Waals surface area contributed by atoms with E-state index in [2.05, 4.69) is 38.6 Å². The molecule has 0 aliphatic rings. The van der Waals surface area contributed by atoms with Crippen LogP contribution in [0.5, 0.6) is 0 Å². The maximum atomic E-state index is 10.7. The summed E-state index contributed by atoms with van der Waals surface area (Å²) in [6, 6.07) is 17.8. The van der Waals surface area contributed by atoms with Crippen LogP contribution in [0.2, 0.25) is 0 Å². The van der Waals surface area contributed by atoms with Crippen LogP contribution in [-0.2, 0) is 13.0 Å². The number of nitrogens with zero attached hydrogens (tertiary/aromatic N) is 3. The summed E-state index contributed by atoms with van der Waals surface area (Å²) in [6.45, 7) is 2.50. The Labute approximate surface area is 184 Å². The summed E-state index contributed by atoms with van der Waals surface area (Å²) in [4.78, 5) is 8.94. The lowest BCUT2D eigenvalue weighted by Gasteiger charge is -2.14. The SMILES string of the molecule is Cc1cnc2ccc(Cc3cc(C(O)NCc4ccc5c(N)noc5c4)ccn3)cc2c1. The molecular formula is C25H23N5O2. The van der Waals surface area contributed by atoms with Gasteiger partial charge in [0.15, 0.2) is 11.4 Å². The van der Waals surface area contributed by atoms with E-state index in [9.17, 15) is 5.11 Å². The van der Waals surface area contributed by atoms with Crippen molar-refractivity contribution in [2.45, 2.75) is 26.1 Å². The van der Waals surface area contributed by atoms with E-state index in [1.165, 1.54) is 0 Å². The number of fused-ring (bicyclic) bond motifs is 2. The minimum absolute atomic E-state index is 0.377. The van der Waals surface area contributed by atoms with Crippen LogP contribution in [0.3, 0.4) is 0 Å². The number of aliphatic hydroxyl groups excluding tert-OH is 1. The highest BCUT2D eigenvalue weighted by atomic mass is 16.5. The molecule has 1 atom stereocenters. The Kier molecular flexibility index (Phi) is 5.26. The Hall–Kier alpha value is -3.81. The molecule has 0 bridgehead atoms. The van der Waals surface area contributed by atoms with Crippen molar-refractivity contribution in [3.63, 3.8) is 0 Å². The highest BCUT2D eigenvalue weighted by Gasteiger charge is 2.11. The molecule has 0 fully saturated rings. The van der Waals surface area contributed by atoms with Crippen LogP contribution < -0.4 is 11.1 Å². The zero-order valence-corrected chi connectivity index (χ0v) is 17.6. The molecule has 0 aliphatic heterocycles. The molecule has 0 saturated carbocycles. The smallest absolute Gasteiger partial charge is 0.174 e. The monoisotopic (exact) mass is 425 g/mol. The number of aryl methyl sites for hydroxylation is 1. The number of anilines is 1. The van der Waals surface area contributed by atoms with Gasteiger partial charge in [0.2, 0.25) is 0 Å². The molecule has 7 nitrogen and oxygen atoms in total. The fraction of sp³-hybridized carbons (Fsp3) is 0.160. The van der Waals surface area contributed by atoms with Gasteiger partial charge in [0.1, 0.15) is 6.23 Å². The number of rotatable bonds is 6. The van der Waals surface area contributed by atoms with Crippen molar-refractivity contribution in [1.29, 1.82) is 0 Å². The molecule has 160 valence electrons. The Morgan fingerprint density at radius 3 is 2.81 bits per heavy atom. The third-order valence-electron chi connectivity index (χ3n) is 5.49. The summed E-state index contributed by atoms with van der Waals surface area (Å²) in [5, 5.41) is 19.5. The Bertz CT molecular complexity index is 1410. The van der Waals surface area contributed by atoms with Gasteiger partial charge in [-0.05, 0) is 71.6 Å². The minimum atomic E-state index is -0.823. The van der Waals surface area contributed by atoms with Crippen LogP contribution in [0.4, 0.5) is 5.82 Å². The maximum absolute atomic E-state index is 10.7. The second-order valence-corrected chi connectivity index (χ2v) is 7.98. The zero-order chi connectivity index (χ0) is 22.1. The fourth-order valence-corrected chi connectivity index (χ4v) is 3.82. The molecule has 0 saturated heterocycles. The summed E-state index contributed by atoms with van der Waals surface area (Å²) in [6.07, 6.45) is 3.45. The van der Waals surface area contributed by atoms with Crippen LogP contribution in [0.25, 0.3) is 21.9 Å². The number of nitrogen functional groups attached to an aromatic ring is 1. The number of pyridine rings is 2.